The van der Waals surface area contributed by atoms with Crippen LogP contribution in [0.1, 0.15) is 25.5 Å². The number of fused-ring (bicyclic) bond motifs is 1. The lowest BCUT2D eigenvalue weighted by Crippen LogP contribution is -2.26. The van der Waals surface area contributed by atoms with Crippen molar-refractivity contribution in [2.75, 3.05) is 0 Å². The lowest BCUT2D eigenvalue weighted by atomic mass is 10.1. The predicted octanol–water partition coefficient (Wildman–Crippen LogP) is 2.35. The van der Waals surface area contributed by atoms with Gasteiger partial charge in [-0.2, -0.15) is 0 Å². The third-order valence-corrected chi connectivity index (χ3v) is 2.89. The molecule has 0 aliphatic rings. The predicted molar refractivity (Wildman–Crippen MR) is 67.4 cm³/mol. The van der Waals surface area contributed by atoms with E-state index in [1.54, 1.807) is 0 Å². The van der Waals surface area contributed by atoms with Crippen LogP contribution >= 0.6 is 0 Å². The van der Waals surface area contributed by atoms with Crippen molar-refractivity contribution in [2.45, 2.75) is 26.8 Å². The van der Waals surface area contributed by atoms with E-state index in [9.17, 15) is 0 Å². The highest BCUT2D eigenvalue weighted by molar-refractivity contribution is 5.84. The summed E-state index contributed by atoms with van der Waals surface area (Å²) in [7, 11) is 0. The molecule has 0 radical (unpaired) electrons. The first-order chi connectivity index (χ1) is 7.02. The van der Waals surface area contributed by atoms with Gasteiger partial charge in [-0.3, -0.25) is 0 Å². The molecule has 2 rings (SSSR count). The maximum atomic E-state index is 4.15. The van der Waals surface area contributed by atoms with Crippen molar-refractivity contribution in [3.63, 3.8) is 0 Å². The summed E-state index contributed by atoms with van der Waals surface area (Å²) in [4.78, 5) is 0. The zero-order valence-electron chi connectivity index (χ0n) is 9.67. The fourth-order valence-electron chi connectivity index (χ4n) is 2.19. The number of rotatable bonds is 1. The molecule has 1 heterocycles. The third kappa shape index (κ3) is 1.39. The Bertz CT molecular complexity index is 602. The molecule has 2 aromatic rings. The Morgan fingerprint density at radius 3 is 2.27 bits per heavy atom. The molecular weight excluding hydrogens is 182 g/mol. The van der Waals surface area contributed by atoms with E-state index in [1.165, 1.54) is 16.3 Å². The fraction of sp³-hybridized carbons (Fsp3) is 0.286. The minimum absolute atomic E-state index is 0.415. The largest absolute Gasteiger partial charge is 0.339 e. The summed E-state index contributed by atoms with van der Waals surface area (Å²) in [6.45, 7) is 14.7. The Labute approximate surface area is 90.3 Å². The van der Waals surface area contributed by atoms with Crippen molar-refractivity contribution >= 4 is 23.9 Å². The Kier molecular flexibility index (Phi) is 2.18. The second-order valence-corrected chi connectivity index (χ2v) is 4.41. The smallest absolute Gasteiger partial charge is 0.0420 e. The molecule has 0 fully saturated rings. The van der Waals surface area contributed by atoms with Crippen LogP contribution in [0.15, 0.2) is 18.2 Å². The van der Waals surface area contributed by atoms with Crippen molar-refractivity contribution in [3.05, 3.63) is 34.5 Å². The van der Waals surface area contributed by atoms with Crippen molar-refractivity contribution in [3.8, 4) is 0 Å². The molecule has 0 saturated heterocycles. The lowest BCUT2D eigenvalue weighted by molar-refractivity contribution is 0.579. The fourth-order valence-corrected chi connectivity index (χ4v) is 2.19. The van der Waals surface area contributed by atoms with Crippen LogP contribution in [0.2, 0.25) is 0 Å². The topological polar surface area (TPSA) is 4.93 Å². The van der Waals surface area contributed by atoms with Crippen molar-refractivity contribution in [1.82, 2.24) is 4.57 Å². The molecule has 0 bridgehead atoms. The van der Waals surface area contributed by atoms with E-state index in [0.717, 1.165) is 10.7 Å². The van der Waals surface area contributed by atoms with Crippen molar-refractivity contribution in [2.24, 2.45) is 0 Å². The van der Waals surface area contributed by atoms with Crippen LogP contribution in [0, 0.1) is 6.92 Å². The number of hydrogen-bond acceptors (Lipinski definition) is 0. The molecule has 0 aliphatic carbocycles. The van der Waals surface area contributed by atoms with Gasteiger partial charge in [-0.1, -0.05) is 30.9 Å². The van der Waals surface area contributed by atoms with Crippen LogP contribution in [0.25, 0.3) is 23.9 Å². The highest BCUT2D eigenvalue weighted by Crippen LogP contribution is 2.10. The van der Waals surface area contributed by atoms with Gasteiger partial charge in [0, 0.05) is 27.5 Å². The summed E-state index contributed by atoms with van der Waals surface area (Å²) in [6, 6.07) is 6.87. The number of benzene rings is 1. The zero-order chi connectivity index (χ0) is 11.2. The Morgan fingerprint density at radius 1 is 1.07 bits per heavy atom. The summed E-state index contributed by atoms with van der Waals surface area (Å²) in [6.07, 6.45) is 0. The van der Waals surface area contributed by atoms with E-state index in [0.29, 0.717) is 6.04 Å². The first-order valence-electron chi connectivity index (χ1n) is 5.31. The molecule has 78 valence electrons. The minimum Gasteiger partial charge on any atom is -0.339 e. The van der Waals surface area contributed by atoms with E-state index < -0.39 is 0 Å². The maximum Gasteiger partial charge on any atom is 0.0420 e. The van der Waals surface area contributed by atoms with Gasteiger partial charge in [0.05, 0.1) is 0 Å². The van der Waals surface area contributed by atoms with Gasteiger partial charge in [0.25, 0.3) is 0 Å². The first kappa shape index (κ1) is 10.0. The molecular formula is C14H17N. The summed E-state index contributed by atoms with van der Waals surface area (Å²) in [5.74, 6) is 0. The molecule has 0 atom stereocenters. The third-order valence-electron chi connectivity index (χ3n) is 2.89. The molecule has 0 N–H and O–H groups in total. The minimum atomic E-state index is 0.415. The van der Waals surface area contributed by atoms with E-state index in [2.05, 4.69) is 56.7 Å². The average molecular weight is 199 g/mol. The van der Waals surface area contributed by atoms with Gasteiger partial charge < -0.3 is 4.57 Å². The molecule has 0 amide bonds. The molecule has 0 aliphatic heterocycles. The summed E-state index contributed by atoms with van der Waals surface area (Å²) in [5.41, 5.74) is 1.27. The Hall–Kier alpha value is -1.50. The second kappa shape index (κ2) is 3.27. The highest BCUT2D eigenvalue weighted by atomic mass is 15.0. The summed E-state index contributed by atoms with van der Waals surface area (Å²) >= 11 is 0. The molecule has 0 saturated carbocycles. The Morgan fingerprint density at radius 2 is 1.67 bits per heavy atom. The van der Waals surface area contributed by atoms with Crippen LogP contribution in [-0.4, -0.2) is 4.57 Å². The van der Waals surface area contributed by atoms with Gasteiger partial charge in [0.1, 0.15) is 0 Å². The number of nitrogens with zero attached hydrogens (tertiary/aromatic N) is 1. The summed E-state index contributed by atoms with van der Waals surface area (Å²) in [5, 5.41) is 4.60. The molecule has 0 spiro atoms. The molecule has 15 heavy (non-hydrogen) atoms. The van der Waals surface area contributed by atoms with Gasteiger partial charge in [-0.15, -0.1) is 0 Å². The monoisotopic (exact) mass is 199 g/mol. The van der Waals surface area contributed by atoms with Crippen molar-refractivity contribution < 1.29 is 0 Å². The van der Waals surface area contributed by atoms with Gasteiger partial charge in [-0.05, 0) is 26.8 Å². The van der Waals surface area contributed by atoms with Crippen molar-refractivity contribution in [1.29, 1.82) is 0 Å². The Balaban J connectivity index is 2.99. The van der Waals surface area contributed by atoms with Crippen LogP contribution in [-0.2, 0) is 0 Å². The maximum absolute atomic E-state index is 4.15. The van der Waals surface area contributed by atoms with Crippen LogP contribution in [0.4, 0.5) is 0 Å². The molecule has 1 nitrogen and oxygen atoms in total. The second-order valence-electron chi connectivity index (χ2n) is 4.41. The normalized spacial score (nSPS) is 11.5. The van der Waals surface area contributed by atoms with Crippen LogP contribution in [0.3, 0.4) is 0 Å². The number of hydrogen-bond donors (Lipinski definition) is 0. The van der Waals surface area contributed by atoms with Gasteiger partial charge in [-0.25, -0.2) is 0 Å². The molecule has 1 aromatic heterocycles. The first-order valence-corrected chi connectivity index (χ1v) is 5.31. The van der Waals surface area contributed by atoms with Gasteiger partial charge in [0.2, 0.25) is 0 Å². The average Bonchev–Trinajstić information content (AvgIpc) is 2.39. The van der Waals surface area contributed by atoms with Crippen LogP contribution < -0.4 is 10.7 Å². The number of aryl methyl sites for hydroxylation is 1. The molecule has 1 aromatic carbocycles. The lowest BCUT2D eigenvalue weighted by Gasteiger charge is -2.07. The molecule has 0 unspecified atom stereocenters. The zero-order valence-corrected chi connectivity index (χ0v) is 9.67. The van der Waals surface area contributed by atoms with E-state index >= 15 is 0 Å². The quantitative estimate of drug-likeness (QED) is 0.664. The standard InChI is InChI=1S/C14H17N/c1-9(2)15-11(4)13-7-6-10(3)8-14(13)12(15)5/h6-9H,4-5H2,1-3H3. The van der Waals surface area contributed by atoms with E-state index in [1.807, 2.05) is 0 Å². The van der Waals surface area contributed by atoms with Gasteiger partial charge >= 0.3 is 0 Å². The summed E-state index contributed by atoms with van der Waals surface area (Å²) < 4.78 is 2.20. The van der Waals surface area contributed by atoms with E-state index in [-0.39, 0.29) is 0 Å². The molecule has 1 heteroatoms. The SMILES string of the molecule is C=c1c2ccc(C)cc2c(=C)n1C(C)C. The van der Waals surface area contributed by atoms with E-state index in [4.69, 9.17) is 0 Å². The highest BCUT2D eigenvalue weighted by Gasteiger charge is 2.06. The van der Waals surface area contributed by atoms with Crippen LogP contribution in [0.5, 0.6) is 0 Å². The number of aromatic nitrogens is 1. The van der Waals surface area contributed by atoms with Gasteiger partial charge in [0.15, 0.2) is 0 Å².